The lowest BCUT2D eigenvalue weighted by Crippen LogP contribution is -2.31. The monoisotopic (exact) mass is 588 g/mol. The summed E-state index contributed by atoms with van der Waals surface area (Å²) in [5, 5.41) is 3.26. The number of aromatic nitrogens is 3. The number of Topliss-reactive ketones (excluding diaryl/α,β-unsaturated/α-hetero) is 1. The highest BCUT2D eigenvalue weighted by Gasteiger charge is 2.37. The Morgan fingerprint density at radius 3 is 2.56 bits per heavy atom. The van der Waals surface area contributed by atoms with Crippen LogP contribution in [0.1, 0.15) is 74.4 Å². The number of rotatable bonds is 8. The average molecular weight is 589 g/mol. The molecule has 0 bridgehead atoms. The van der Waals surface area contributed by atoms with Crippen LogP contribution in [0, 0.1) is 12.8 Å². The summed E-state index contributed by atoms with van der Waals surface area (Å²) in [6, 6.07) is 6.56. The van der Waals surface area contributed by atoms with Gasteiger partial charge in [-0.3, -0.25) is 9.36 Å². The lowest BCUT2D eigenvalue weighted by atomic mass is 9.99. The Hall–Kier alpha value is -2.96. The van der Waals surface area contributed by atoms with E-state index in [9.17, 15) is 22.0 Å². The van der Waals surface area contributed by atoms with Crippen molar-refractivity contribution in [3.05, 3.63) is 41.3 Å². The van der Waals surface area contributed by atoms with Crippen molar-refractivity contribution in [3.63, 3.8) is 0 Å². The first kappa shape index (κ1) is 28.2. The number of pyridine rings is 1. The van der Waals surface area contributed by atoms with Gasteiger partial charge in [0.15, 0.2) is 15.5 Å². The number of nitrogens with zero attached hydrogens (tertiary/aromatic N) is 3. The topological polar surface area (TPSA) is 112 Å². The Balaban J connectivity index is 1.40. The Bertz CT molecular complexity index is 1590. The van der Waals surface area contributed by atoms with E-state index in [1.165, 1.54) is 6.07 Å². The van der Waals surface area contributed by atoms with E-state index < -0.39 is 28.5 Å². The zero-order valence-electron chi connectivity index (χ0n) is 23.2. The fourth-order valence-corrected chi connectivity index (χ4v) is 6.56. The Morgan fingerprint density at radius 2 is 1.90 bits per heavy atom. The molecular formula is C29H34F2N4O5S. The van der Waals surface area contributed by atoms with Gasteiger partial charge >= 0.3 is 0 Å². The van der Waals surface area contributed by atoms with E-state index in [4.69, 9.17) is 19.4 Å². The molecule has 0 amide bonds. The predicted octanol–water partition coefficient (Wildman–Crippen LogP) is 5.59. The molecule has 0 radical (unpaired) electrons. The predicted molar refractivity (Wildman–Crippen MR) is 148 cm³/mol. The summed E-state index contributed by atoms with van der Waals surface area (Å²) in [6.45, 7) is 1.82. The van der Waals surface area contributed by atoms with Crippen LogP contribution in [0.4, 0.5) is 20.2 Å². The molecule has 220 valence electrons. The summed E-state index contributed by atoms with van der Waals surface area (Å²) in [5.41, 5.74) is 3.05. The Kier molecular flexibility index (Phi) is 7.36. The molecule has 1 saturated carbocycles. The Morgan fingerprint density at radius 1 is 1.10 bits per heavy atom. The van der Waals surface area contributed by atoms with Gasteiger partial charge in [0.25, 0.3) is 5.92 Å². The van der Waals surface area contributed by atoms with Crippen LogP contribution in [0.15, 0.2) is 29.2 Å². The highest BCUT2D eigenvalue weighted by molar-refractivity contribution is 7.90. The number of halogens is 2. The molecule has 1 aliphatic carbocycles. The molecule has 6 rings (SSSR count). The lowest BCUT2D eigenvalue weighted by Gasteiger charge is -2.29. The number of ether oxygens (including phenoxy) is 2. The van der Waals surface area contributed by atoms with Gasteiger partial charge < -0.3 is 14.8 Å². The largest absolute Gasteiger partial charge is 0.367 e. The number of hydrogen-bond acceptors (Lipinski definition) is 8. The first-order chi connectivity index (χ1) is 19.5. The average Bonchev–Trinajstić information content (AvgIpc) is 3.72. The smallest absolute Gasteiger partial charge is 0.271 e. The van der Waals surface area contributed by atoms with Crippen molar-refractivity contribution in [2.24, 2.45) is 5.92 Å². The third-order valence-corrected chi connectivity index (χ3v) is 9.16. The molecule has 3 aliphatic rings. The SMILES string of the molecule is Cc1nc2c(Nc3ccc([C@@H]4CCC(F)(F)CO4)cc3S(C)(=O)=O)cc(CC(=O)C3CC3)nc2n1C1CCCCO1. The molecule has 2 aliphatic heterocycles. The summed E-state index contributed by atoms with van der Waals surface area (Å²) in [4.78, 5) is 22.4. The van der Waals surface area contributed by atoms with E-state index in [0.29, 0.717) is 46.2 Å². The molecule has 2 atom stereocenters. The van der Waals surface area contributed by atoms with Crippen LogP contribution in [-0.2, 0) is 30.5 Å². The number of alkyl halides is 2. The second-order valence-corrected chi connectivity index (χ2v) is 13.4. The minimum Gasteiger partial charge on any atom is -0.367 e. The molecule has 3 aromatic rings. The van der Waals surface area contributed by atoms with Crippen molar-refractivity contribution in [1.29, 1.82) is 0 Å². The van der Waals surface area contributed by atoms with Crippen molar-refractivity contribution < 1.29 is 31.5 Å². The first-order valence-corrected chi connectivity index (χ1v) is 16.0. The van der Waals surface area contributed by atoms with Crippen LogP contribution >= 0.6 is 0 Å². The van der Waals surface area contributed by atoms with E-state index in [2.05, 4.69) is 5.32 Å². The molecule has 1 unspecified atom stereocenters. The van der Waals surface area contributed by atoms with Gasteiger partial charge in [0.05, 0.1) is 28.1 Å². The molecule has 41 heavy (non-hydrogen) atoms. The van der Waals surface area contributed by atoms with Crippen LogP contribution in [0.5, 0.6) is 0 Å². The maximum atomic E-state index is 13.6. The molecule has 4 heterocycles. The van der Waals surface area contributed by atoms with Crippen LogP contribution in [-0.4, -0.2) is 54.1 Å². The van der Waals surface area contributed by atoms with Crippen molar-refractivity contribution in [2.75, 3.05) is 24.8 Å². The van der Waals surface area contributed by atoms with Gasteiger partial charge in [0.1, 0.15) is 30.0 Å². The number of hydrogen-bond donors (Lipinski definition) is 1. The standard InChI is InChI=1S/C29H34F2N4O5S/c1-17-32-27-22(14-20(15-23(36)18-6-7-18)33-28(27)35(17)26-5-3-4-12-39-26)34-21-9-8-19(13-25(21)41(2,37)38)24-10-11-29(30,31)16-40-24/h8-9,13-14,18,24,26H,3-7,10-12,15-16H2,1-2H3,(H,33,34)/t24-,26?/m0/s1. The number of benzene rings is 1. The van der Waals surface area contributed by atoms with Gasteiger partial charge in [0.2, 0.25) is 0 Å². The zero-order valence-corrected chi connectivity index (χ0v) is 24.0. The molecule has 2 saturated heterocycles. The summed E-state index contributed by atoms with van der Waals surface area (Å²) in [6.07, 6.45) is 4.81. The van der Waals surface area contributed by atoms with E-state index >= 15 is 0 Å². The van der Waals surface area contributed by atoms with Crippen LogP contribution in [0.25, 0.3) is 11.2 Å². The normalized spacial score (nSPS) is 23.0. The number of imidazole rings is 1. The van der Waals surface area contributed by atoms with Gasteiger partial charge in [0, 0.05) is 31.6 Å². The number of sulfone groups is 1. The molecule has 12 heteroatoms. The van der Waals surface area contributed by atoms with Crippen LogP contribution < -0.4 is 5.32 Å². The van der Waals surface area contributed by atoms with Gasteiger partial charge in [-0.05, 0) is 69.2 Å². The van der Waals surface area contributed by atoms with Gasteiger partial charge in [-0.1, -0.05) is 6.07 Å². The molecule has 2 aromatic heterocycles. The third kappa shape index (κ3) is 6.00. The van der Waals surface area contributed by atoms with E-state index in [0.717, 1.165) is 38.4 Å². The van der Waals surface area contributed by atoms with Crippen LogP contribution in [0.3, 0.4) is 0 Å². The van der Waals surface area contributed by atoms with E-state index in [1.54, 1.807) is 18.2 Å². The minimum absolute atomic E-state index is 0.0169. The minimum atomic E-state index is -3.72. The third-order valence-electron chi connectivity index (χ3n) is 8.02. The van der Waals surface area contributed by atoms with Crippen molar-refractivity contribution >= 4 is 38.2 Å². The molecule has 1 aromatic carbocycles. The maximum Gasteiger partial charge on any atom is 0.271 e. The summed E-state index contributed by atoms with van der Waals surface area (Å²) < 4.78 is 66.5. The molecule has 9 nitrogen and oxygen atoms in total. The summed E-state index contributed by atoms with van der Waals surface area (Å²) in [7, 11) is -3.72. The van der Waals surface area contributed by atoms with Gasteiger partial charge in [-0.2, -0.15) is 0 Å². The number of nitrogens with one attached hydrogen (secondary N) is 1. The quantitative estimate of drug-likeness (QED) is 0.362. The van der Waals surface area contributed by atoms with Crippen molar-refractivity contribution in [3.8, 4) is 0 Å². The second kappa shape index (κ2) is 10.7. The van der Waals surface area contributed by atoms with Crippen molar-refractivity contribution in [2.45, 2.75) is 81.4 Å². The fraction of sp³-hybridized carbons (Fsp3) is 0.552. The molecule has 1 N–H and O–H groups in total. The highest BCUT2D eigenvalue weighted by atomic mass is 32.2. The number of fused-ring (bicyclic) bond motifs is 1. The molecule has 0 spiro atoms. The summed E-state index contributed by atoms with van der Waals surface area (Å²) in [5.74, 6) is -1.96. The molecular weight excluding hydrogens is 554 g/mol. The number of ketones is 1. The Labute approximate surface area is 237 Å². The summed E-state index contributed by atoms with van der Waals surface area (Å²) >= 11 is 0. The number of anilines is 2. The molecule has 3 fully saturated rings. The fourth-order valence-electron chi connectivity index (χ4n) is 5.69. The number of aryl methyl sites for hydroxylation is 1. The lowest BCUT2D eigenvalue weighted by molar-refractivity contribution is -0.145. The van der Waals surface area contributed by atoms with Crippen molar-refractivity contribution in [1.82, 2.24) is 14.5 Å². The highest BCUT2D eigenvalue weighted by Crippen LogP contribution is 2.39. The number of carbonyl (C=O) groups excluding carboxylic acids is 1. The van der Waals surface area contributed by atoms with Gasteiger partial charge in [-0.25, -0.2) is 27.2 Å². The first-order valence-electron chi connectivity index (χ1n) is 14.1. The number of carbonyl (C=O) groups is 1. The maximum absolute atomic E-state index is 13.6. The van der Waals surface area contributed by atoms with Crippen LogP contribution in [0.2, 0.25) is 0 Å². The zero-order chi connectivity index (χ0) is 28.9. The van der Waals surface area contributed by atoms with E-state index in [1.807, 2.05) is 11.5 Å². The van der Waals surface area contributed by atoms with E-state index in [-0.39, 0.29) is 42.1 Å². The van der Waals surface area contributed by atoms with Gasteiger partial charge in [-0.15, -0.1) is 0 Å². The second-order valence-electron chi connectivity index (χ2n) is 11.4.